The van der Waals surface area contributed by atoms with Crippen LogP contribution in [0.2, 0.25) is 0 Å². The van der Waals surface area contributed by atoms with Crippen LogP contribution in [-0.4, -0.2) is 36.8 Å². The van der Waals surface area contributed by atoms with Crippen LogP contribution in [0.5, 0.6) is 0 Å². The van der Waals surface area contributed by atoms with Gasteiger partial charge in [-0.3, -0.25) is 9.45 Å². The minimum absolute atomic E-state index is 0.327. The molecule has 0 aliphatic rings. The zero-order valence-corrected chi connectivity index (χ0v) is 13.2. The molecule has 0 atom stereocenters. The summed E-state index contributed by atoms with van der Waals surface area (Å²) in [5, 5.41) is 0. The monoisotopic (exact) mass is 319 g/mol. The molecule has 2 aromatic carbocycles. The number of hydrogen-bond acceptors (Lipinski definition) is 3. The number of rotatable bonds is 8. The summed E-state index contributed by atoms with van der Waals surface area (Å²) in [5.74, 6) is -0.327. The third-order valence-electron chi connectivity index (χ3n) is 3.46. The van der Waals surface area contributed by atoms with Gasteiger partial charge in [0.1, 0.15) is 5.88 Å². The van der Waals surface area contributed by atoms with E-state index in [1.165, 1.54) is 0 Å². The normalized spacial score (nSPS) is 11.7. The predicted molar refractivity (Wildman–Crippen MR) is 88.3 cm³/mol. The van der Waals surface area contributed by atoms with Crippen molar-refractivity contribution in [3.8, 4) is 0 Å². The molecule has 2 aromatic rings. The lowest BCUT2D eigenvalue weighted by molar-refractivity contribution is 0.309. The molecule has 0 fully saturated rings. The quantitative estimate of drug-likeness (QED) is 0.760. The summed E-state index contributed by atoms with van der Waals surface area (Å²) in [7, 11) is -4.01. The van der Waals surface area contributed by atoms with Crippen molar-refractivity contribution in [3.05, 3.63) is 71.8 Å². The van der Waals surface area contributed by atoms with Gasteiger partial charge in [0.15, 0.2) is 0 Å². The lowest BCUT2D eigenvalue weighted by atomic mass is 10.1. The molecule has 2 rings (SSSR count). The fraction of sp³-hybridized carbons (Fsp3) is 0.294. The SMILES string of the molecule is O=S(=O)(O)CN(CCc1ccccc1)CCc1ccccc1. The molecular weight excluding hydrogens is 298 g/mol. The Morgan fingerprint density at radius 3 is 1.55 bits per heavy atom. The Labute approximate surface area is 132 Å². The Kier molecular flexibility index (Phi) is 6.12. The largest absolute Gasteiger partial charge is 0.287 e. The average Bonchev–Trinajstić information content (AvgIpc) is 2.51. The van der Waals surface area contributed by atoms with Crippen LogP contribution in [0.25, 0.3) is 0 Å². The summed E-state index contributed by atoms with van der Waals surface area (Å²) in [6, 6.07) is 19.8. The lowest BCUT2D eigenvalue weighted by Crippen LogP contribution is -2.33. The van der Waals surface area contributed by atoms with Crippen LogP contribution in [-0.2, 0) is 23.0 Å². The predicted octanol–water partition coefficient (Wildman–Crippen LogP) is 2.62. The van der Waals surface area contributed by atoms with Crippen molar-refractivity contribution >= 4 is 10.1 Å². The van der Waals surface area contributed by atoms with Gasteiger partial charge in [-0.2, -0.15) is 8.42 Å². The molecule has 1 N–H and O–H groups in total. The van der Waals surface area contributed by atoms with E-state index in [9.17, 15) is 8.42 Å². The molecular formula is C17H21NO3S. The molecule has 0 aliphatic carbocycles. The molecule has 4 nitrogen and oxygen atoms in total. The Balaban J connectivity index is 1.93. The molecule has 0 bridgehead atoms. The van der Waals surface area contributed by atoms with E-state index >= 15 is 0 Å². The van der Waals surface area contributed by atoms with Crippen molar-refractivity contribution < 1.29 is 13.0 Å². The highest BCUT2D eigenvalue weighted by Gasteiger charge is 2.13. The van der Waals surface area contributed by atoms with Gasteiger partial charge in [-0.05, 0) is 24.0 Å². The van der Waals surface area contributed by atoms with E-state index in [2.05, 4.69) is 0 Å². The zero-order chi connectivity index (χ0) is 15.8. The highest BCUT2D eigenvalue weighted by molar-refractivity contribution is 7.85. The van der Waals surface area contributed by atoms with E-state index < -0.39 is 10.1 Å². The third-order valence-corrected chi connectivity index (χ3v) is 4.16. The molecule has 0 amide bonds. The van der Waals surface area contributed by atoms with Gasteiger partial charge in [0.2, 0.25) is 0 Å². The van der Waals surface area contributed by atoms with Crippen LogP contribution in [0.3, 0.4) is 0 Å². The van der Waals surface area contributed by atoms with Crippen LogP contribution in [0, 0.1) is 0 Å². The first-order chi connectivity index (χ1) is 10.5. The fourth-order valence-corrected chi connectivity index (χ4v) is 3.06. The molecule has 0 spiro atoms. The Morgan fingerprint density at radius 2 is 1.18 bits per heavy atom. The minimum atomic E-state index is -4.01. The van der Waals surface area contributed by atoms with Gasteiger partial charge < -0.3 is 0 Å². The highest BCUT2D eigenvalue weighted by Crippen LogP contribution is 2.06. The smallest absolute Gasteiger partial charge is 0.278 e. The Hall–Kier alpha value is -1.69. The van der Waals surface area contributed by atoms with Crippen molar-refractivity contribution in [2.24, 2.45) is 0 Å². The molecule has 0 heterocycles. The van der Waals surface area contributed by atoms with Crippen LogP contribution >= 0.6 is 0 Å². The second-order valence-corrected chi connectivity index (χ2v) is 6.72. The van der Waals surface area contributed by atoms with Crippen LogP contribution < -0.4 is 0 Å². The average molecular weight is 319 g/mol. The number of hydrogen-bond donors (Lipinski definition) is 1. The first-order valence-corrected chi connectivity index (χ1v) is 8.89. The summed E-state index contributed by atoms with van der Waals surface area (Å²) in [6.45, 7) is 1.19. The molecule has 5 heteroatoms. The summed E-state index contributed by atoms with van der Waals surface area (Å²) in [6.07, 6.45) is 1.51. The highest BCUT2D eigenvalue weighted by atomic mass is 32.2. The first kappa shape index (κ1) is 16.7. The summed E-state index contributed by atoms with van der Waals surface area (Å²) in [4.78, 5) is 1.77. The second-order valence-electron chi connectivity index (χ2n) is 5.30. The van der Waals surface area contributed by atoms with Crippen molar-refractivity contribution in [3.63, 3.8) is 0 Å². The van der Waals surface area contributed by atoms with Crippen molar-refractivity contribution in [1.29, 1.82) is 0 Å². The van der Waals surface area contributed by atoms with Crippen LogP contribution in [0.1, 0.15) is 11.1 Å². The van der Waals surface area contributed by atoms with Crippen LogP contribution in [0.4, 0.5) is 0 Å². The van der Waals surface area contributed by atoms with E-state index in [0.29, 0.717) is 13.1 Å². The lowest BCUT2D eigenvalue weighted by Gasteiger charge is -2.20. The van der Waals surface area contributed by atoms with E-state index in [0.717, 1.165) is 24.0 Å². The van der Waals surface area contributed by atoms with E-state index in [-0.39, 0.29) is 5.88 Å². The molecule has 22 heavy (non-hydrogen) atoms. The summed E-state index contributed by atoms with van der Waals surface area (Å²) >= 11 is 0. The maximum Gasteiger partial charge on any atom is 0.278 e. The van der Waals surface area contributed by atoms with Gasteiger partial charge >= 0.3 is 0 Å². The first-order valence-electron chi connectivity index (χ1n) is 7.28. The molecule has 118 valence electrons. The van der Waals surface area contributed by atoms with Gasteiger partial charge in [-0.15, -0.1) is 0 Å². The summed E-state index contributed by atoms with van der Waals surface area (Å²) < 4.78 is 31.5. The summed E-state index contributed by atoms with van der Waals surface area (Å²) in [5.41, 5.74) is 2.31. The van der Waals surface area contributed by atoms with Gasteiger partial charge in [-0.25, -0.2) is 0 Å². The Morgan fingerprint density at radius 1 is 0.773 bits per heavy atom. The van der Waals surface area contributed by atoms with Gasteiger partial charge in [0, 0.05) is 13.1 Å². The minimum Gasteiger partial charge on any atom is -0.287 e. The van der Waals surface area contributed by atoms with Gasteiger partial charge in [-0.1, -0.05) is 60.7 Å². The van der Waals surface area contributed by atoms with Gasteiger partial charge in [0.05, 0.1) is 0 Å². The number of nitrogens with zero attached hydrogens (tertiary/aromatic N) is 1. The molecule has 0 aliphatic heterocycles. The second kappa shape index (κ2) is 8.08. The maximum atomic E-state index is 11.2. The maximum absolute atomic E-state index is 11.2. The Bertz CT molecular complexity index is 613. The van der Waals surface area contributed by atoms with Gasteiger partial charge in [0.25, 0.3) is 10.1 Å². The zero-order valence-electron chi connectivity index (χ0n) is 12.4. The molecule has 0 saturated carbocycles. The van der Waals surface area contributed by atoms with E-state index in [1.807, 2.05) is 60.7 Å². The fourth-order valence-electron chi connectivity index (χ4n) is 2.34. The van der Waals surface area contributed by atoms with Crippen molar-refractivity contribution in [2.75, 3.05) is 19.0 Å². The van der Waals surface area contributed by atoms with Crippen molar-refractivity contribution in [1.82, 2.24) is 4.90 Å². The van der Waals surface area contributed by atoms with Crippen LogP contribution in [0.15, 0.2) is 60.7 Å². The molecule has 0 unspecified atom stereocenters. The van der Waals surface area contributed by atoms with Crippen molar-refractivity contribution in [2.45, 2.75) is 12.8 Å². The number of benzene rings is 2. The van der Waals surface area contributed by atoms with E-state index in [1.54, 1.807) is 4.90 Å². The molecule has 0 aromatic heterocycles. The molecule has 0 radical (unpaired) electrons. The van der Waals surface area contributed by atoms with E-state index in [4.69, 9.17) is 4.55 Å². The molecule has 0 saturated heterocycles. The third kappa shape index (κ3) is 6.39. The topological polar surface area (TPSA) is 57.6 Å². The standard InChI is InChI=1S/C17H21NO3S/c19-22(20,21)15-18(13-11-16-7-3-1-4-8-16)14-12-17-9-5-2-6-10-17/h1-10H,11-15H2,(H,19,20,21).